The summed E-state index contributed by atoms with van der Waals surface area (Å²) in [7, 11) is 0. The van der Waals surface area contributed by atoms with E-state index in [4.69, 9.17) is 28.9 Å². The highest BCUT2D eigenvalue weighted by Gasteiger charge is 2.10. The molecule has 3 N–H and O–H groups in total. The van der Waals surface area contributed by atoms with Crippen molar-refractivity contribution in [3.8, 4) is 11.3 Å². The predicted molar refractivity (Wildman–Crippen MR) is 78.5 cm³/mol. The third-order valence-electron chi connectivity index (χ3n) is 2.69. The summed E-state index contributed by atoms with van der Waals surface area (Å²) in [6.45, 7) is 0.756. The van der Waals surface area contributed by atoms with Crippen LogP contribution in [-0.2, 0) is 6.42 Å². The Morgan fingerprint density at radius 2 is 2.11 bits per heavy atom. The zero-order valence-corrected chi connectivity index (χ0v) is 12.2. The maximum atomic E-state index is 6.11. The summed E-state index contributed by atoms with van der Waals surface area (Å²) in [6.07, 6.45) is 6.05. The van der Waals surface area contributed by atoms with Crippen LogP contribution in [0.1, 0.15) is 25.1 Å². The average molecular weight is 304 g/mol. The van der Waals surface area contributed by atoms with E-state index in [9.17, 15) is 0 Å². The number of halogens is 2. The number of thiophene rings is 1. The highest BCUT2D eigenvalue weighted by Crippen LogP contribution is 2.37. The monoisotopic (exact) mass is 303 g/mol. The average Bonchev–Trinajstić information content (AvgIpc) is 2.91. The summed E-state index contributed by atoms with van der Waals surface area (Å²) < 4.78 is 1.38. The summed E-state index contributed by atoms with van der Waals surface area (Å²) >= 11 is 13.4. The van der Waals surface area contributed by atoms with Gasteiger partial charge in [-0.25, -0.2) is 4.98 Å². The Morgan fingerprint density at radius 3 is 2.78 bits per heavy atom. The Kier molecular flexibility index (Phi) is 5.06. The number of nitrogens with zero attached hydrogens (tertiary/aromatic N) is 1. The molecule has 18 heavy (non-hydrogen) atoms. The van der Waals surface area contributed by atoms with Gasteiger partial charge in [0.2, 0.25) is 0 Å². The number of unbranched alkanes of at least 4 members (excludes halogenated alkanes) is 2. The molecule has 98 valence electrons. The third-order valence-corrected chi connectivity index (χ3v) is 4.18. The lowest BCUT2D eigenvalue weighted by molar-refractivity contribution is 0.673. The second-order valence-electron chi connectivity index (χ2n) is 4.08. The fourth-order valence-electron chi connectivity index (χ4n) is 1.76. The Bertz CT molecular complexity index is 507. The number of nitrogens with two attached hydrogens (primary N) is 1. The lowest BCUT2D eigenvalue weighted by atomic mass is 10.2. The van der Waals surface area contributed by atoms with Crippen LogP contribution in [0.4, 0.5) is 0 Å². The molecule has 0 aliphatic carbocycles. The minimum atomic E-state index is 0.689. The smallest absolute Gasteiger partial charge is 0.106 e. The highest BCUT2D eigenvalue weighted by atomic mass is 35.5. The minimum absolute atomic E-state index is 0.689. The van der Waals surface area contributed by atoms with Crippen LogP contribution in [0.15, 0.2) is 12.3 Å². The highest BCUT2D eigenvalue weighted by molar-refractivity contribution is 7.20. The molecule has 2 aromatic heterocycles. The Balaban J connectivity index is 1.99. The second-order valence-corrected chi connectivity index (χ2v) is 6.37. The maximum Gasteiger partial charge on any atom is 0.106 e. The number of H-pyrrole nitrogens is 1. The van der Waals surface area contributed by atoms with Gasteiger partial charge in [-0.15, -0.1) is 11.3 Å². The minimum Gasteiger partial charge on any atom is -0.342 e. The van der Waals surface area contributed by atoms with Gasteiger partial charge in [-0.3, -0.25) is 0 Å². The Labute approximate surface area is 120 Å². The number of nitrogens with one attached hydrogen (secondary N) is 1. The molecule has 0 radical (unpaired) electrons. The van der Waals surface area contributed by atoms with Crippen molar-refractivity contribution in [1.82, 2.24) is 9.97 Å². The summed E-state index contributed by atoms with van der Waals surface area (Å²) in [6, 6.07) is 1.86. The molecule has 0 bridgehead atoms. The van der Waals surface area contributed by atoms with Gasteiger partial charge in [-0.2, -0.15) is 0 Å². The van der Waals surface area contributed by atoms with Gasteiger partial charge >= 0.3 is 0 Å². The topological polar surface area (TPSA) is 54.7 Å². The number of aromatic nitrogens is 2. The fraction of sp³-hybridized carbons (Fsp3) is 0.417. The molecule has 6 heteroatoms. The number of imidazole rings is 1. The molecule has 0 saturated carbocycles. The SMILES string of the molecule is NCCCCCc1ncc(-c2cc(Cl)sc2Cl)[nH]1. The predicted octanol–water partition coefficient (Wildman–Crippen LogP) is 4.12. The zero-order valence-electron chi connectivity index (χ0n) is 9.88. The van der Waals surface area contributed by atoms with Crippen LogP contribution >= 0.6 is 34.5 Å². The number of rotatable bonds is 6. The maximum absolute atomic E-state index is 6.11. The molecule has 0 unspecified atom stereocenters. The van der Waals surface area contributed by atoms with Crippen molar-refractivity contribution in [3.05, 3.63) is 26.8 Å². The first-order valence-electron chi connectivity index (χ1n) is 5.90. The quantitative estimate of drug-likeness (QED) is 0.789. The molecule has 0 fully saturated rings. The fourth-order valence-corrected chi connectivity index (χ4v) is 3.26. The van der Waals surface area contributed by atoms with Crippen LogP contribution in [0.3, 0.4) is 0 Å². The van der Waals surface area contributed by atoms with E-state index in [1.165, 1.54) is 11.3 Å². The van der Waals surface area contributed by atoms with Crippen LogP contribution in [-0.4, -0.2) is 16.5 Å². The van der Waals surface area contributed by atoms with Crippen molar-refractivity contribution in [2.45, 2.75) is 25.7 Å². The van der Waals surface area contributed by atoms with E-state index in [0.29, 0.717) is 8.67 Å². The van der Waals surface area contributed by atoms with E-state index in [-0.39, 0.29) is 0 Å². The summed E-state index contributed by atoms with van der Waals surface area (Å²) in [5, 5.41) is 0. The summed E-state index contributed by atoms with van der Waals surface area (Å²) in [5.41, 5.74) is 7.31. The van der Waals surface area contributed by atoms with E-state index in [0.717, 1.165) is 49.3 Å². The molecule has 2 aromatic rings. The molecule has 0 aliphatic rings. The zero-order chi connectivity index (χ0) is 13.0. The Hall–Kier alpha value is -0.550. The Morgan fingerprint density at radius 1 is 1.28 bits per heavy atom. The van der Waals surface area contributed by atoms with Crippen molar-refractivity contribution in [2.75, 3.05) is 6.54 Å². The van der Waals surface area contributed by atoms with E-state index < -0.39 is 0 Å². The molecular weight excluding hydrogens is 289 g/mol. The van der Waals surface area contributed by atoms with Crippen LogP contribution in [0.2, 0.25) is 8.67 Å². The van der Waals surface area contributed by atoms with E-state index in [1.807, 2.05) is 12.3 Å². The van der Waals surface area contributed by atoms with E-state index in [2.05, 4.69) is 9.97 Å². The first-order chi connectivity index (χ1) is 8.70. The van der Waals surface area contributed by atoms with Gasteiger partial charge in [0, 0.05) is 12.0 Å². The van der Waals surface area contributed by atoms with Crippen molar-refractivity contribution < 1.29 is 0 Å². The molecule has 0 aliphatic heterocycles. The summed E-state index contributed by atoms with van der Waals surface area (Å²) in [4.78, 5) is 7.64. The molecule has 2 heterocycles. The van der Waals surface area contributed by atoms with Gasteiger partial charge in [-0.1, -0.05) is 29.6 Å². The van der Waals surface area contributed by atoms with E-state index in [1.54, 1.807) is 0 Å². The molecule has 0 atom stereocenters. The van der Waals surface area contributed by atoms with Crippen molar-refractivity contribution in [1.29, 1.82) is 0 Å². The van der Waals surface area contributed by atoms with Crippen molar-refractivity contribution in [3.63, 3.8) is 0 Å². The number of hydrogen-bond acceptors (Lipinski definition) is 3. The largest absolute Gasteiger partial charge is 0.342 e. The van der Waals surface area contributed by atoms with E-state index >= 15 is 0 Å². The van der Waals surface area contributed by atoms with Gasteiger partial charge in [0.05, 0.1) is 16.2 Å². The van der Waals surface area contributed by atoms with Gasteiger partial charge < -0.3 is 10.7 Å². The first-order valence-corrected chi connectivity index (χ1v) is 7.47. The normalized spacial score (nSPS) is 11.1. The number of aromatic amines is 1. The summed E-state index contributed by atoms with van der Waals surface area (Å²) in [5.74, 6) is 0.986. The molecule has 0 saturated heterocycles. The molecule has 0 aromatic carbocycles. The molecule has 0 amide bonds. The second kappa shape index (κ2) is 6.57. The van der Waals surface area contributed by atoms with Gasteiger partial charge in [0.15, 0.2) is 0 Å². The molecular formula is C12H15Cl2N3S. The first kappa shape index (κ1) is 13.9. The lowest BCUT2D eigenvalue weighted by Crippen LogP contribution is -1.98. The van der Waals surface area contributed by atoms with Crippen molar-refractivity contribution >= 4 is 34.5 Å². The number of hydrogen-bond donors (Lipinski definition) is 2. The standard InChI is InChI=1S/C12H15Cl2N3S/c13-10-6-8(12(14)18-10)9-7-16-11(17-9)4-2-1-3-5-15/h6-7H,1-5,15H2,(H,16,17). The molecule has 2 rings (SSSR count). The van der Waals surface area contributed by atoms with Crippen molar-refractivity contribution in [2.24, 2.45) is 5.73 Å². The van der Waals surface area contributed by atoms with Gasteiger partial charge in [0.1, 0.15) is 10.2 Å². The van der Waals surface area contributed by atoms with Crippen LogP contribution in [0.5, 0.6) is 0 Å². The van der Waals surface area contributed by atoms with Crippen LogP contribution in [0.25, 0.3) is 11.3 Å². The van der Waals surface area contributed by atoms with Gasteiger partial charge in [0.25, 0.3) is 0 Å². The lowest BCUT2D eigenvalue weighted by Gasteiger charge is -1.97. The van der Waals surface area contributed by atoms with Crippen LogP contribution < -0.4 is 5.73 Å². The molecule has 3 nitrogen and oxygen atoms in total. The number of aryl methyl sites for hydroxylation is 1. The van der Waals surface area contributed by atoms with Gasteiger partial charge in [-0.05, 0) is 25.5 Å². The van der Waals surface area contributed by atoms with Crippen LogP contribution in [0, 0.1) is 0 Å². The third kappa shape index (κ3) is 3.48. The molecule has 0 spiro atoms.